The average Bonchev–Trinajstić information content (AvgIpc) is 3.19. The Labute approximate surface area is 123 Å². The molecule has 7 heteroatoms. The summed E-state index contributed by atoms with van der Waals surface area (Å²) in [6.07, 6.45) is 3.16. The number of ether oxygens (including phenoxy) is 1. The van der Waals surface area contributed by atoms with Crippen LogP contribution in [0.2, 0.25) is 0 Å². The van der Waals surface area contributed by atoms with E-state index in [1.165, 1.54) is 11.3 Å². The Balaban J connectivity index is 2.04. The number of nitrogen functional groups attached to an aromatic ring is 1. The van der Waals surface area contributed by atoms with Gasteiger partial charge in [0, 0.05) is 26.2 Å². The number of thiazole rings is 1. The van der Waals surface area contributed by atoms with E-state index >= 15 is 0 Å². The molecule has 0 aromatic carbocycles. The standard InChI is InChI=1S/C13H22N4O2S/c1-3-7-17(9-4-5-9)12(18)10-11(14)16-13(20-10)15-6-8-19-2/h9H,3-8,14H2,1-2H3,(H,15,16). The van der Waals surface area contributed by atoms with Crippen LogP contribution in [0.3, 0.4) is 0 Å². The summed E-state index contributed by atoms with van der Waals surface area (Å²) in [6.45, 7) is 4.11. The van der Waals surface area contributed by atoms with E-state index < -0.39 is 0 Å². The van der Waals surface area contributed by atoms with E-state index in [-0.39, 0.29) is 5.91 Å². The molecule has 0 radical (unpaired) electrons. The molecule has 20 heavy (non-hydrogen) atoms. The molecule has 0 spiro atoms. The number of nitrogens with one attached hydrogen (secondary N) is 1. The maximum absolute atomic E-state index is 12.5. The number of methoxy groups -OCH3 is 1. The fraction of sp³-hybridized carbons (Fsp3) is 0.692. The molecule has 0 aliphatic heterocycles. The number of nitrogens with two attached hydrogens (primary N) is 1. The molecule has 1 heterocycles. The van der Waals surface area contributed by atoms with Crippen molar-refractivity contribution in [1.82, 2.24) is 9.88 Å². The van der Waals surface area contributed by atoms with Crippen molar-refractivity contribution in [1.29, 1.82) is 0 Å². The Hall–Kier alpha value is -1.34. The third kappa shape index (κ3) is 3.61. The summed E-state index contributed by atoms with van der Waals surface area (Å²) in [5, 5.41) is 3.79. The van der Waals surface area contributed by atoms with Crippen LogP contribution in [0.4, 0.5) is 10.9 Å². The molecule has 1 aliphatic rings. The van der Waals surface area contributed by atoms with Crippen molar-refractivity contribution in [2.24, 2.45) is 0 Å². The van der Waals surface area contributed by atoms with Gasteiger partial charge in [-0.2, -0.15) is 0 Å². The molecule has 1 saturated carbocycles. The molecule has 112 valence electrons. The first kappa shape index (κ1) is 15.1. The molecule has 1 aromatic heterocycles. The molecule has 1 aromatic rings. The summed E-state index contributed by atoms with van der Waals surface area (Å²) in [6, 6.07) is 0.397. The number of aromatic nitrogens is 1. The number of nitrogens with zero attached hydrogens (tertiary/aromatic N) is 2. The van der Waals surface area contributed by atoms with E-state index in [1.807, 2.05) is 4.90 Å². The minimum Gasteiger partial charge on any atom is -0.383 e. The summed E-state index contributed by atoms with van der Waals surface area (Å²) in [5.74, 6) is 0.339. The first-order valence-corrected chi connectivity index (χ1v) is 7.79. The highest BCUT2D eigenvalue weighted by molar-refractivity contribution is 7.18. The Morgan fingerprint density at radius 2 is 2.35 bits per heavy atom. The molecule has 0 saturated heterocycles. The monoisotopic (exact) mass is 298 g/mol. The highest BCUT2D eigenvalue weighted by atomic mass is 32.1. The van der Waals surface area contributed by atoms with Crippen LogP contribution in [0.15, 0.2) is 0 Å². The van der Waals surface area contributed by atoms with E-state index in [0.717, 1.165) is 25.8 Å². The third-order valence-electron chi connectivity index (χ3n) is 3.14. The second kappa shape index (κ2) is 6.90. The molecule has 0 unspecified atom stereocenters. The third-order valence-corrected chi connectivity index (χ3v) is 4.16. The van der Waals surface area contributed by atoms with Gasteiger partial charge in [0.2, 0.25) is 0 Å². The Morgan fingerprint density at radius 3 is 2.95 bits per heavy atom. The lowest BCUT2D eigenvalue weighted by atomic mass is 10.3. The predicted molar refractivity (Wildman–Crippen MR) is 81.2 cm³/mol. The Kier molecular flexibility index (Phi) is 5.19. The Morgan fingerprint density at radius 1 is 1.60 bits per heavy atom. The molecule has 0 atom stereocenters. The van der Waals surface area contributed by atoms with Crippen LogP contribution in [0.5, 0.6) is 0 Å². The fourth-order valence-electron chi connectivity index (χ4n) is 2.03. The van der Waals surface area contributed by atoms with E-state index in [4.69, 9.17) is 10.5 Å². The largest absolute Gasteiger partial charge is 0.383 e. The first-order chi connectivity index (χ1) is 9.67. The molecule has 3 N–H and O–H groups in total. The van der Waals surface area contributed by atoms with Crippen LogP contribution in [-0.4, -0.2) is 48.6 Å². The van der Waals surface area contributed by atoms with Gasteiger partial charge in [0.1, 0.15) is 10.7 Å². The molecule has 6 nitrogen and oxygen atoms in total. The number of amides is 1. The number of carbonyl (C=O) groups is 1. The lowest BCUT2D eigenvalue weighted by Crippen LogP contribution is -2.33. The number of rotatable bonds is 8. The maximum Gasteiger partial charge on any atom is 0.268 e. The van der Waals surface area contributed by atoms with Crippen LogP contribution in [0, 0.1) is 0 Å². The fourth-order valence-corrected chi connectivity index (χ4v) is 2.89. The summed E-state index contributed by atoms with van der Waals surface area (Å²) in [4.78, 5) is 19.2. The van der Waals surface area contributed by atoms with Crippen molar-refractivity contribution < 1.29 is 9.53 Å². The number of anilines is 2. The van der Waals surface area contributed by atoms with Gasteiger partial charge in [-0.05, 0) is 19.3 Å². The number of hydrogen-bond acceptors (Lipinski definition) is 6. The lowest BCUT2D eigenvalue weighted by molar-refractivity contribution is 0.0749. The molecular weight excluding hydrogens is 276 g/mol. The zero-order chi connectivity index (χ0) is 14.5. The number of hydrogen-bond donors (Lipinski definition) is 2. The minimum absolute atomic E-state index is 0.0177. The summed E-state index contributed by atoms with van der Waals surface area (Å²) in [7, 11) is 1.64. The van der Waals surface area contributed by atoms with Crippen molar-refractivity contribution in [3.05, 3.63) is 4.88 Å². The zero-order valence-electron chi connectivity index (χ0n) is 12.0. The second-order valence-corrected chi connectivity index (χ2v) is 5.88. The highest BCUT2D eigenvalue weighted by Crippen LogP contribution is 2.32. The van der Waals surface area contributed by atoms with Gasteiger partial charge in [-0.15, -0.1) is 0 Å². The van der Waals surface area contributed by atoms with Crippen LogP contribution >= 0.6 is 11.3 Å². The van der Waals surface area contributed by atoms with Gasteiger partial charge in [-0.3, -0.25) is 4.79 Å². The smallest absolute Gasteiger partial charge is 0.268 e. The van der Waals surface area contributed by atoms with Gasteiger partial charge < -0.3 is 20.7 Å². The molecule has 1 aliphatic carbocycles. The van der Waals surface area contributed by atoms with E-state index in [1.54, 1.807) is 7.11 Å². The van der Waals surface area contributed by atoms with Gasteiger partial charge in [0.05, 0.1) is 6.61 Å². The van der Waals surface area contributed by atoms with Gasteiger partial charge in [-0.25, -0.2) is 4.98 Å². The first-order valence-electron chi connectivity index (χ1n) is 6.97. The number of carbonyl (C=O) groups excluding carboxylic acids is 1. The topological polar surface area (TPSA) is 80.5 Å². The second-order valence-electron chi connectivity index (χ2n) is 4.88. The summed E-state index contributed by atoms with van der Waals surface area (Å²) < 4.78 is 4.97. The molecule has 0 bridgehead atoms. The SMILES string of the molecule is CCCN(C(=O)c1sc(NCCOC)nc1N)C1CC1. The van der Waals surface area contributed by atoms with Crippen molar-refractivity contribution >= 4 is 28.2 Å². The van der Waals surface area contributed by atoms with Crippen molar-refractivity contribution in [3.8, 4) is 0 Å². The maximum atomic E-state index is 12.5. The van der Waals surface area contributed by atoms with E-state index in [0.29, 0.717) is 35.0 Å². The highest BCUT2D eigenvalue weighted by Gasteiger charge is 2.34. The van der Waals surface area contributed by atoms with E-state index in [2.05, 4.69) is 17.2 Å². The van der Waals surface area contributed by atoms with Crippen LogP contribution < -0.4 is 11.1 Å². The predicted octanol–water partition coefficient (Wildman–Crippen LogP) is 1.80. The van der Waals surface area contributed by atoms with Crippen LogP contribution in [0.1, 0.15) is 35.9 Å². The van der Waals surface area contributed by atoms with Crippen molar-refractivity contribution in [2.45, 2.75) is 32.2 Å². The molecular formula is C13H22N4O2S. The van der Waals surface area contributed by atoms with Crippen LogP contribution in [-0.2, 0) is 4.74 Å². The van der Waals surface area contributed by atoms with Gasteiger partial charge in [0.25, 0.3) is 5.91 Å². The van der Waals surface area contributed by atoms with Gasteiger partial charge in [0.15, 0.2) is 5.13 Å². The Bertz CT molecular complexity index is 459. The zero-order valence-corrected chi connectivity index (χ0v) is 12.8. The van der Waals surface area contributed by atoms with Crippen LogP contribution in [0.25, 0.3) is 0 Å². The minimum atomic E-state index is 0.0177. The lowest BCUT2D eigenvalue weighted by Gasteiger charge is -2.20. The normalized spacial score (nSPS) is 14.3. The van der Waals surface area contributed by atoms with Gasteiger partial charge in [-0.1, -0.05) is 18.3 Å². The van der Waals surface area contributed by atoms with Crippen molar-refractivity contribution in [3.63, 3.8) is 0 Å². The van der Waals surface area contributed by atoms with Crippen molar-refractivity contribution in [2.75, 3.05) is 37.9 Å². The summed E-state index contributed by atoms with van der Waals surface area (Å²) >= 11 is 1.32. The molecule has 1 fully saturated rings. The molecule has 1 amide bonds. The molecule has 2 rings (SSSR count). The average molecular weight is 298 g/mol. The summed E-state index contributed by atoms with van der Waals surface area (Å²) in [5.41, 5.74) is 5.88. The quantitative estimate of drug-likeness (QED) is 0.715. The van der Waals surface area contributed by atoms with Gasteiger partial charge >= 0.3 is 0 Å². The van der Waals surface area contributed by atoms with E-state index in [9.17, 15) is 4.79 Å².